The van der Waals surface area contributed by atoms with E-state index < -0.39 is 0 Å². The van der Waals surface area contributed by atoms with Gasteiger partial charge in [0.05, 0.1) is 20.4 Å². The predicted octanol–water partition coefficient (Wildman–Crippen LogP) is 4.17. The Morgan fingerprint density at radius 3 is 2.60 bits per heavy atom. The van der Waals surface area contributed by atoms with Gasteiger partial charge in [-0.3, -0.25) is 0 Å². The fourth-order valence-electron chi connectivity index (χ4n) is 0.957. The largest absolute Gasteiger partial charge is 0.362 e. The number of hydrogen-bond acceptors (Lipinski definition) is 5. The zero-order chi connectivity index (χ0) is 10.8. The molecule has 0 aliphatic carbocycles. The van der Waals surface area contributed by atoms with E-state index >= 15 is 0 Å². The lowest BCUT2D eigenvalue weighted by molar-refractivity contribution is 1.14. The van der Waals surface area contributed by atoms with Gasteiger partial charge in [-0.1, -0.05) is 34.8 Å². The third kappa shape index (κ3) is 2.73. The van der Waals surface area contributed by atoms with Gasteiger partial charge in [-0.25, -0.2) is 0 Å². The predicted molar refractivity (Wildman–Crippen MR) is 66.6 cm³/mol. The summed E-state index contributed by atoms with van der Waals surface area (Å²) in [6.45, 7) is 0.535. The fourth-order valence-corrected chi connectivity index (χ4v) is 3.13. The minimum Gasteiger partial charge on any atom is -0.362 e. The average molecular weight is 301 g/mol. The van der Waals surface area contributed by atoms with Crippen LogP contribution in [0.4, 0.5) is 5.82 Å². The molecule has 0 atom stereocenters. The van der Waals surface area contributed by atoms with Crippen LogP contribution in [0.25, 0.3) is 0 Å². The van der Waals surface area contributed by atoms with Crippen LogP contribution in [0.2, 0.25) is 13.8 Å². The second-order valence-electron chi connectivity index (χ2n) is 2.61. The molecule has 0 bridgehead atoms. The summed E-state index contributed by atoms with van der Waals surface area (Å²) in [6, 6.07) is 1.81. The molecule has 0 aliphatic heterocycles. The first-order valence-corrected chi connectivity index (χ1v) is 6.50. The molecule has 0 unspecified atom stereocenters. The van der Waals surface area contributed by atoms with Crippen LogP contribution in [0.5, 0.6) is 0 Å². The van der Waals surface area contributed by atoms with Gasteiger partial charge in [0, 0.05) is 12.1 Å². The molecule has 0 aliphatic rings. The number of halogens is 3. The topological polar surface area (TPSA) is 37.8 Å². The van der Waals surface area contributed by atoms with Gasteiger partial charge in [0.25, 0.3) is 0 Å². The van der Waals surface area contributed by atoms with Gasteiger partial charge >= 0.3 is 0 Å². The lowest BCUT2D eigenvalue weighted by atomic mass is 10.3. The molecule has 80 valence electrons. The van der Waals surface area contributed by atoms with Gasteiger partial charge < -0.3 is 5.32 Å². The number of nitrogens with one attached hydrogen (secondary N) is 1. The second-order valence-corrected chi connectivity index (χ2v) is 5.78. The molecular formula is C7H4Cl3N3S2. The zero-order valence-electron chi connectivity index (χ0n) is 7.13. The van der Waals surface area contributed by atoms with E-state index in [9.17, 15) is 0 Å². The Morgan fingerprint density at radius 1 is 1.27 bits per heavy atom. The Bertz CT molecular complexity index is 468. The van der Waals surface area contributed by atoms with Crippen molar-refractivity contribution < 1.29 is 0 Å². The van der Waals surface area contributed by atoms with Crippen LogP contribution in [0, 0.1) is 0 Å². The van der Waals surface area contributed by atoms with E-state index in [1.165, 1.54) is 11.3 Å². The van der Waals surface area contributed by atoms with E-state index in [1.807, 2.05) is 6.07 Å². The Balaban J connectivity index is 2.05. The van der Waals surface area contributed by atoms with Gasteiger partial charge in [0.1, 0.15) is 0 Å². The number of nitrogens with zero attached hydrogens (tertiary/aromatic N) is 2. The first kappa shape index (κ1) is 11.4. The molecule has 2 heterocycles. The third-order valence-corrected chi connectivity index (χ3v) is 4.08. The van der Waals surface area contributed by atoms with Gasteiger partial charge in [-0.2, -0.15) is 8.75 Å². The highest BCUT2D eigenvalue weighted by Crippen LogP contribution is 2.31. The highest BCUT2D eigenvalue weighted by molar-refractivity contribution is 7.20. The number of hydrogen-bond donors (Lipinski definition) is 1. The monoisotopic (exact) mass is 299 g/mol. The standard InChI is InChI=1S/C7H4Cl3N3S2/c8-4-1-3(6(10)14-4)2-11-7-5(9)12-15-13-7/h1H,2H2,(H,11,13). The Labute approximate surface area is 109 Å². The third-order valence-electron chi connectivity index (χ3n) is 1.62. The summed E-state index contributed by atoms with van der Waals surface area (Å²) < 4.78 is 9.15. The lowest BCUT2D eigenvalue weighted by Crippen LogP contribution is -1.99. The molecule has 0 saturated heterocycles. The summed E-state index contributed by atoms with van der Waals surface area (Å²) in [7, 11) is 0. The molecule has 2 aromatic rings. The second kappa shape index (κ2) is 4.84. The molecule has 2 rings (SSSR count). The summed E-state index contributed by atoms with van der Waals surface area (Å²) >= 11 is 19.9. The Morgan fingerprint density at radius 2 is 2.07 bits per heavy atom. The van der Waals surface area contributed by atoms with Crippen molar-refractivity contribution in [3.05, 3.63) is 25.5 Å². The van der Waals surface area contributed by atoms with Crippen LogP contribution in [-0.2, 0) is 6.54 Å². The number of aromatic nitrogens is 2. The van der Waals surface area contributed by atoms with Crippen molar-refractivity contribution in [1.82, 2.24) is 8.75 Å². The maximum Gasteiger partial charge on any atom is 0.186 e. The summed E-state index contributed by atoms with van der Waals surface area (Å²) in [6.07, 6.45) is 0. The highest BCUT2D eigenvalue weighted by Gasteiger charge is 2.08. The quantitative estimate of drug-likeness (QED) is 0.924. The van der Waals surface area contributed by atoms with Gasteiger partial charge in [0.2, 0.25) is 0 Å². The normalized spacial score (nSPS) is 10.6. The van der Waals surface area contributed by atoms with Gasteiger partial charge in [-0.05, 0) is 6.07 Å². The van der Waals surface area contributed by atoms with E-state index in [-0.39, 0.29) is 0 Å². The van der Waals surface area contributed by atoms with Crippen molar-refractivity contribution in [2.24, 2.45) is 0 Å². The summed E-state index contributed by atoms with van der Waals surface area (Å²) in [5, 5.41) is 3.40. The summed E-state index contributed by atoms with van der Waals surface area (Å²) in [5.74, 6) is 0.569. The summed E-state index contributed by atoms with van der Waals surface area (Å²) in [5.41, 5.74) is 0.927. The van der Waals surface area contributed by atoms with Crippen molar-refractivity contribution in [3.63, 3.8) is 0 Å². The van der Waals surface area contributed by atoms with E-state index in [1.54, 1.807) is 0 Å². The number of rotatable bonds is 3. The van der Waals surface area contributed by atoms with Crippen LogP contribution < -0.4 is 5.32 Å². The molecule has 3 nitrogen and oxygen atoms in total. The first-order chi connectivity index (χ1) is 7.16. The molecule has 8 heteroatoms. The van der Waals surface area contributed by atoms with E-state index in [4.69, 9.17) is 34.8 Å². The molecule has 1 N–H and O–H groups in total. The summed E-state index contributed by atoms with van der Waals surface area (Å²) in [4.78, 5) is 0. The van der Waals surface area contributed by atoms with Crippen molar-refractivity contribution >= 4 is 63.7 Å². The maximum absolute atomic E-state index is 5.95. The van der Waals surface area contributed by atoms with E-state index in [0.717, 1.165) is 17.3 Å². The van der Waals surface area contributed by atoms with Crippen molar-refractivity contribution in [2.75, 3.05) is 5.32 Å². The van der Waals surface area contributed by atoms with Crippen LogP contribution in [0.3, 0.4) is 0 Å². The first-order valence-electron chi connectivity index (χ1n) is 3.82. The molecule has 0 saturated carbocycles. The fraction of sp³-hybridized carbons (Fsp3) is 0.143. The molecular weight excluding hydrogens is 297 g/mol. The molecule has 15 heavy (non-hydrogen) atoms. The highest BCUT2D eigenvalue weighted by atomic mass is 35.5. The van der Waals surface area contributed by atoms with Crippen LogP contribution in [0.1, 0.15) is 5.56 Å². The molecule has 0 amide bonds. The van der Waals surface area contributed by atoms with Crippen molar-refractivity contribution in [1.29, 1.82) is 0 Å². The van der Waals surface area contributed by atoms with Crippen LogP contribution in [0.15, 0.2) is 6.07 Å². The number of thiophene rings is 1. The molecule has 0 radical (unpaired) electrons. The van der Waals surface area contributed by atoms with E-state index in [2.05, 4.69) is 14.1 Å². The minimum atomic E-state index is 0.373. The van der Waals surface area contributed by atoms with Crippen molar-refractivity contribution in [2.45, 2.75) is 6.54 Å². The zero-order valence-corrected chi connectivity index (χ0v) is 11.0. The molecule has 0 aromatic carbocycles. The van der Waals surface area contributed by atoms with Crippen molar-refractivity contribution in [3.8, 4) is 0 Å². The van der Waals surface area contributed by atoms with Gasteiger partial charge in [-0.15, -0.1) is 11.3 Å². The molecule has 0 fully saturated rings. The van der Waals surface area contributed by atoms with Crippen LogP contribution in [-0.4, -0.2) is 8.75 Å². The van der Waals surface area contributed by atoms with Crippen LogP contribution >= 0.6 is 57.9 Å². The SMILES string of the molecule is Clc1cc(CNc2nsnc2Cl)c(Cl)s1. The Hall–Kier alpha value is -0.0700. The van der Waals surface area contributed by atoms with E-state index in [0.29, 0.717) is 26.2 Å². The lowest BCUT2D eigenvalue weighted by Gasteiger charge is -2.00. The molecule has 2 aromatic heterocycles. The average Bonchev–Trinajstić information content (AvgIpc) is 2.70. The maximum atomic E-state index is 5.95. The smallest absolute Gasteiger partial charge is 0.186 e. The van der Waals surface area contributed by atoms with Gasteiger partial charge in [0.15, 0.2) is 11.0 Å². The number of anilines is 1. The minimum absolute atomic E-state index is 0.373. The Kier molecular flexibility index (Phi) is 3.69. The molecule has 0 spiro atoms.